The molecule has 0 bridgehead atoms. The van der Waals surface area contributed by atoms with Crippen LogP contribution in [0.3, 0.4) is 0 Å². The van der Waals surface area contributed by atoms with E-state index in [0.29, 0.717) is 5.92 Å². The van der Waals surface area contributed by atoms with E-state index < -0.39 is 0 Å². The highest BCUT2D eigenvalue weighted by Gasteiger charge is 2.02. The van der Waals surface area contributed by atoms with Crippen LogP contribution in [0.4, 0.5) is 5.95 Å². The van der Waals surface area contributed by atoms with Crippen molar-refractivity contribution in [1.29, 1.82) is 0 Å². The minimum Gasteiger partial charge on any atom is -0.382 e. The lowest BCUT2D eigenvalue weighted by Gasteiger charge is -2.11. The standard InChI is InChI=1S/C12H23N3O/c1-4-16-9-5-7-15-8-6-13-12(15)14-10-11(2)3/h6,8,11H,4-5,7,9-10H2,1-3H3,(H,13,14). The molecule has 4 heteroatoms. The first-order chi connectivity index (χ1) is 7.74. The van der Waals surface area contributed by atoms with Crippen LogP contribution in [0.1, 0.15) is 27.2 Å². The molecule has 0 fully saturated rings. The Hall–Kier alpha value is -1.03. The van der Waals surface area contributed by atoms with E-state index in [9.17, 15) is 0 Å². The van der Waals surface area contributed by atoms with Gasteiger partial charge in [-0.1, -0.05) is 13.8 Å². The van der Waals surface area contributed by atoms with E-state index in [1.165, 1.54) is 0 Å². The molecule has 0 saturated carbocycles. The van der Waals surface area contributed by atoms with E-state index in [4.69, 9.17) is 4.74 Å². The fourth-order valence-electron chi connectivity index (χ4n) is 1.43. The molecule has 92 valence electrons. The monoisotopic (exact) mass is 225 g/mol. The van der Waals surface area contributed by atoms with Gasteiger partial charge in [0.05, 0.1) is 0 Å². The molecule has 1 aromatic rings. The zero-order chi connectivity index (χ0) is 11.8. The molecule has 0 aliphatic heterocycles. The zero-order valence-electron chi connectivity index (χ0n) is 10.6. The van der Waals surface area contributed by atoms with Crippen LogP contribution in [-0.2, 0) is 11.3 Å². The molecule has 1 heterocycles. The molecule has 0 radical (unpaired) electrons. The Morgan fingerprint density at radius 3 is 3.00 bits per heavy atom. The molecule has 0 aromatic carbocycles. The Morgan fingerprint density at radius 2 is 2.31 bits per heavy atom. The topological polar surface area (TPSA) is 39.1 Å². The van der Waals surface area contributed by atoms with Crippen molar-refractivity contribution >= 4 is 5.95 Å². The number of hydrogen-bond acceptors (Lipinski definition) is 3. The quantitative estimate of drug-likeness (QED) is 0.690. The van der Waals surface area contributed by atoms with Gasteiger partial charge in [-0.3, -0.25) is 0 Å². The lowest BCUT2D eigenvalue weighted by atomic mass is 10.2. The zero-order valence-corrected chi connectivity index (χ0v) is 10.6. The maximum atomic E-state index is 5.32. The highest BCUT2D eigenvalue weighted by atomic mass is 16.5. The SMILES string of the molecule is CCOCCCn1ccnc1NCC(C)C. The molecule has 4 nitrogen and oxygen atoms in total. The van der Waals surface area contributed by atoms with Crippen molar-refractivity contribution in [1.82, 2.24) is 9.55 Å². The third-order valence-electron chi connectivity index (χ3n) is 2.28. The number of nitrogens with one attached hydrogen (secondary N) is 1. The summed E-state index contributed by atoms with van der Waals surface area (Å²) in [7, 11) is 0. The Bertz CT molecular complexity index is 284. The van der Waals surface area contributed by atoms with Gasteiger partial charge < -0.3 is 14.6 Å². The number of aryl methyl sites for hydroxylation is 1. The lowest BCUT2D eigenvalue weighted by Crippen LogP contribution is -2.13. The van der Waals surface area contributed by atoms with Crippen LogP contribution in [0.5, 0.6) is 0 Å². The van der Waals surface area contributed by atoms with Gasteiger partial charge >= 0.3 is 0 Å². The third-order valence-corrected chi connectivity index (χ3v) is 2.28. The summed E-state index contributed by atoms with van der Waals surface area (Å²) in [5.74, 6) is 1.60. The summed E-state index contributed by atoms with van der Waals surface area (Å²) in [5.41, 5.74) is 0. The summed E-state index contributed by atoms with van der Waals surface area (Å²) < 4.78 is 7.46. The fourth-order valence-corrected chi connectivity index (χ4v) is 1.43. The van der Waals surface area contributed by atoms with Crippen molar-refractivity contribution in [2.75, 3.05) is 25.1 Å². The van der Waals surface area contributed by atoms with Crippen LogP contribution in [0.2, 0.25) is 0 Å². The van der Waals surface area contributed by atoms with E-state index in [-0.39, 0.29) is 0 Å². The van der Waals surface area contributed by atoms with Crippen molar-refractivity contribution in [3.63, 3.8) is 0 Å². The number of anilines is 1. The van der Waals surface area contributed by atoms with Gasteiger partial charge in [0.1, 0.15) is 0 Å². The number of ether oxygens (including phenoxy) is 1. The summed E-state index contributed by atoms with van der Waals surface area (Å²) in [6, 6.07) is 0. The minimum atomic E-state index is 0.633. The van der Waals surface area contributed by atoms with Gasteiger partial charge in [-0.25, -0.2) is 4.98 Å². The molecular weight excluding hydrogens is 202 g/mol. The van der Waals surface area contributed by atoms with Crippen molar-refractivity contribution in [2.24, 2.45) is 5.92 Å². The van der Waals surface area contributed by atoms with Gasteiger partial charge in [0.15, 0.2) is 0 Å². The Balaban J connectivity index is 2.32. The van der Waals surface area contributed by atoms with E-state index >= 15 is 0 Å². The van der Waals surface area contributed by atoms with Gasteiger partial charge in [0, 0.05) is 38.7 Å². The molecular formula is C12H23N3O. The summed E-state index contributed by atoms with van der Waals surface area (Å²) in [6.45, 7) is 9.93. The summed E-state index contributed by atoms with van der Waals surface area (Å²) in [6.07, 6.45) is 4.87. The first-order valence-corrected chi connectivity index (χ1v) is 6.06. The van der Waals surface area contributed by atoms with Crippen LogP contribution in [-0.4, -0.2) is 29.3 Å². The molecule has 0 amide bonds. The molecule has 0 aliphatic rings. The molecule has 1 aromatic heterocycles. The van der Waals surface area contributed by atoms with E-state index in [1.807, 2.05) is 19.3 Å². The van der Waals surface area contributed by atoms with Gasteiger partial charge in [-0.2, -0.15) is 0 Å². The van der Waals surface area contributed by atoms with Crippen molar-refractivity contribution in [2.45, 2.75) is 33.7 Å². The first kappa shape index (κ1) is 13.0. The molecule has 0 atom stereocenters. The van der Waals surface area contributed by atoms with E-state index in [1.54, 1.807) is 0 Å². The minimum absolute atomic E-state index is 0.633. The van der Waals surface area contributed by atoms with Gasteiger partial charge in [-0.15, -0.1) is 0 Å². The van der Waals surface area contributed by atoms with Crippen molar-refractivity contribution in [3.05, 3.63) is 12.4 Å². The molecule has 1 N–H and O–H groups in total. The van der Waals surface area contributed by atoms with Crippen molar-refractivity contribution < 1.29 is 4.74 Å². The van der Waals surface area contributed by atoms with Gasteiger partial charge in [0.25, 0.3) is 0 Å². The molecule has 0 saturated heterocycles. The summed E-state index contributed by atoms with van der Waals surface area (Å²) >= 11 is 0. The highest BCUT2D eigenvalue weighted by Crippen LogP contribution is 2.06. The normalized spacial score (nSPS) is 11.0. The smallest absolute Gasteiger partial charge is 0.202 e. The first-order valence-electron chi connectivity index (χ1n) is 6.06. The second-order valence-electron chi connectivity index (χ2n) is 4.27. The molecule has 1 rings (SSSR count). The molecule has 0 unspecified atom stereocenters. The van der Waals surface area contributed by atoms with Gasteiger partial charge in [-0.05, 0) is 19.3 Å². The fraction of sp³-hybridized carbons (Fsp3) is 0.750. The number of rotatable bonds is 8. The van der Waals surface area contributed by atoms with E-state index in [0.717, 1.165) is 38.7 Å². The largest absolute Gasteiger partial charge is 0.382 e. The molecule has 0 spiro atoms. The lowest BCUT2D eigenvalue weighted by molar-refractivity contribution is 0.142. The Kier molecular flexibility index (Phi) is 5.93. The second-order valence-corrected chi connectivity index (χ2v) is 4.27. The third kappa shape index (κ3) is 4.66. The summed E-state index contributed by atoms with van der Waals surface area (Å²) in [4.78, 5) is 4.30. The predicted octanol–water partition coefficient (Wildman–Crippen LogP) is 2.38. The van der Waals surface area contributed by atoms with Crippen LogP contribution >= 0.6 is 0 Å². The van der Waals surface area contributed by atoms with Gasteiger partial charge in [0.2, 0.25) is 5.95 Å². The Labute approximate surface area is 98.0 Å². The van der Waals surface area contributed by atoms with Crippen LogP contribution in [0.15, 0.2) is 12.4 Å². The van der Waals surface area contributed by atoms with Crippen LogP contribution < -0.4 is 5.32 Å². The second kappa shape index (κ2) is 7.28. The average molecular weight is 225 g/mol. The van der Waals surface area contributed by atoms with Crippen LogP contribution in [0.25, 0.3) is 0 Å². The molecule has 16 heavy (non-hydrogen) atoms. The van der Waals surface area contributed by atoms with Crippen molar-refractivity contribution in [3.8, 4) is 0 Å². The molecule has 0 aliphatic carbocycles. The summed E-state index contributed by atoms with van der Waals surface area (Å²) in [5, 5.41) is 3.34. The number of hydrogen-bond donors (Lipinski definition) is 1. The maximum Gasteiger partial charge on any atom is 0.202 e. The van der Waals surface area contributed by atoms with E-state index in [2.05, 4.69) is 28.7 Å². The predicted molar refractivity (Wildman–Crippen MR) is 66.7 cm³/mol. The number of aromatic nitrogens is 2. The van der Waals surface area contributed by atoms with Crippen LogP contribution in [0, 0.1) is 5.92 Å². The highest BCUT2D eigenvalue weighted by molar-refractivity contribution is 5.25. The maximum absolute atomic E-state index is 5.32. The number of imidazole rings is 1. The Morgan fingerprint density at radius 1 is 1.50 bits per heavy atom. The average Bonchev–Trinajstić information content (AvgIpc) is 2.69. The number of nitrogens with zero attached hydrogens (tertiary/aromatic N) is 2.